The van der Waals surface area contributed by atoms with Crippen LogP contribution in [0.1, 0.15) is 5.56 Å². The van der Waals surface area contributed by atoms with Crippen molar-refractivity contribution < 1.29 is 4.74 Å². The van der Waals surface area contributed by atoms with E-state index in [-0.39, 0.29) is 0 Å². The average molecular weight is 175 g/mol. The van der Waals surface area contributed by atoms with Crippen LogP contribution >= 0.6 is 0 Å². The topological polar surface area (TPSA) is 71.1 Å². The van der Waals surface area contributed by atoms with Crippen molar-refractivity contribution >= 4 is 11.4 Å². The number of nitriles is 1. The Morgan fingerprint density at radius 1 is 1.54 bits per heavy atom. The average Bonchev–Trinajstić information content (AvgIpc) is 2.18. The predicted molar refractivity (Wildman–Crippen MR) is 49.6 cm³/mol. The number of ether oxygens (including phenoxy) is 1. The summed E-state index contributed by atoms with van der Waals surface area (Å²) in [7, 11) is 0. The van der Waals surface area contributed by atoms with Crippen molar-refractivity contribution in [3.05, 3.63) is 17.7 Å². The Labute approximate surface area is 75.9 Å². The summed E-state index contributed by atoms with van der Waals surface area (Å²) in [5.74, 6) is 0.669. The molecule has 1 aliphatic heterocycles. The molecule has 1 aromatic carbocycles. The van der Waals surface area contributed by atoms with E-state index < -0.39 is 0 Å². The largest absolute Gasteiger partial charge is 0.489 e. The highest BCUT2D eigenvalue weighted by Crippen LogP contribution is 2.33. The van der Waals surface area contributed by atoms with Gasteiger partial charge >= 0.3 is 0 Å². The van der Waals surface area contributed by atoms with Gasteiger partial charge in [0.1, 0.15) is 18.0 Å². The Bertz CT molecular complexity index is 381. The smallest absolute Gasteiger partial charge is 0.145 e. The fraction of sp³-hybridized carbons (Fsp3) is 0.222. The van der Waals surface area contributed by atoms with Crippen molar-refractivity contribution in [2.24, 2.45) is 0 Å². The number of rotatable bonds is 0. The second-order valence-corrected chi connectivity index (χ2v) is 2.83. The van der Waals surface area contributed by atoms with Crippen LogP contribution in [0.25, 0.3) is 0 Å². The number of anilines is 2. The molecule has 0 saturated heterocycles. The lowest BCUT2D eigenvalue weighted by molar-refractivity contribution is 0.323. The monoisotopic (exact) mass is 175 g/mol. The number of nitrogen functional groups attached to an aromatic ring is 1. The maximum absolute atomic E-state index is 8.68. The van der Waals surface area contributed by atoms with Gasteiger partial charge in [0, 0.05) is 12.6 Å². The SMILES string of the molecule is N#Cc1cc(N)c2c(c1)OCCN2. The number of benzene rings is 1. The zero-order chi connectivity index (χ0) is 9.26. The van der Waals surface area contributed by atoms with E-state index >= 15 is 0 Å². The first-order valence-electron chi connectivity index (χ1n) is 4.01. The van der Waals surface area contributed by atoms with E-state index in [1.807, 2.05) is 6.07 Å². The van der Waals surface area contributed by atoms with Crippen molar-refractivity contribution in [1.82, 2.24) is 0 Å². The van der Waals surface area contributed by atoms with Crippen molar-refractivity contribution in [2.45, 2.75) is 0 Å². The van der Waals surface area contributed by atoms with Gasteiger partial charge < -0.3 is 15.8 Å². The van der Waals surface area contributed by atoms with Gasteiger partial charge in [-0.15, -0.1) is 0 Å². The summed E-state index contributed by atoms with van der Waals surface area (Å²) in [6.45, 7) is 1.37. The molecule has 2 rings (SSSR count). The first kappa shape index (κ1) is 7.74. The molecular formula is C9H9N3O. The van der Waals surface area contributed by atoms with Gasteiger partial charge in [0.25, 0.3) is 0 Å². The molecule has 0 aromatic heterocycles. The molecule has 0 aliphatic carbocycles. The van der Waals surface area contributed by atoms with Crippen LogP contribution in [0.4, 0.5) is 11.4 Å². The predicted octanol–water partition coefficient (Wildman–Crippen LogP) is 0.945. The fourth-order valence-electron chi connectivity index (χ4n) is 1.34. The summed E-state index contributed by atoms with van der Waals surface area (Å²) in [5, 5.41) is 11.8. The normalized spacial score (nSPS) is 13.5. The number of nitrogens with one attached hydrogen (secondary N) is 1. The van der Waals surface area contributed by atoms with Crippen LogP contribution < -0.4 is 15.8 Å². The number of hydrogen-bond donors (Lipinski definition) is 2. The molecule has 0 amide bonds. The van der Waals surface area contributed by atoms with Crippen molar-refractivity contribution in [3.63, 3.8) is 0 Å². The van der Waals surface area contributed by atoms with E-state index in [4.69, 9.17) is 15.7 Å². The zero-order valence-corrected chi connectivity index (χ0v) is 7.00. The summed E-state index contributed by atoms with van der Waals surface area (Å²) in [6.07, 6.45) is 0. The van der Waals surface area contributed by atoms with E-state index in [1.165, 1.54) is 0 Å². The molecule has 3 N–H and O–H groups in total. The first-order chi connectivity index (χ1) is 6.31. The number of fused-ring (bicyclic) bond motifs is 1. The number of hydrogen-bond acceptors (Lipinski definition) is 4. The van der Waals surface area contributed by atoms with Crippen molar-refractivity contribution in [1.29, 1.82) is 5.26 Å². The van der Waals surface area contributed by atoms with E-state index in [2.05, 4.69) is 5.32 Å². The zero-order valence-electron chi connectivity index (χ0n) is 7.00. The van der Waals surface area contributed by atoms with Crippen molar-refractivity contribution in [3.8, 4) is 11.8 Å². The summed E-state index contributed by atoms with van der Waals surface area (Å²) >= 11 is 0. The van der Waals surface area contributed by atoms with Crippen LogP contribution in [0.2, 0.25) is 0 Å². The Morgan fingerprint density at radius 2 is 2.38 bits per heavy atom. The van der Waals surface area contributed by atoms with Crippen LogP contribution in [-0.2, 0) is 0 Å². The van der Waals surface area contributed by atoms with Gasteiger partial charge in [-0.2, -0.15) is 5.26 Å². The van der Waals surface area contributed by atoms with Crippen LogP contribution in [0.5, 0.6) is 5.75 Å². The molecule has 13 heavy (non-hydrogen) atoms. The van der Waals surface area contributed by atoms with Gasteiger partial charge in [-0.05, 0) is 6.07 Å². The van der Waals surface area contributed by atoms with Crippen LogP contribution in [0.3, 0.4) is 0 Å². The third kappa shape index (κ3) is 1.25. The van der Waals surface area contributed by atoms with E-state index in [0.29, 0.717) is 23.6 Å². The lowest BCUT2D eigenvalue weighted by atomic mass is 10.1. The standard InChI is InChI=1S/C9H9N3O/c10-5-6-3-7(11)9-8(4-6)13-2-1-12-9/h3-4,12H,1-2,11H2. The van der Waals surface area contributed by atoms with Crippen LogP contribution in [0.15, 0.2) is 12.1 Å². The van der Waals surface area contributed by atoms with E-state index in [1.54, 1.807) is 12.1 Å². The van der Waals surface area contributed by atoms with Gasteiger partial charge in [-0.25, -0.2) is 0 Å². The van der Waals surface area contributed by atoms with Gasteiger partial charge in [0.2, 0.25) is 0 Å². The highest BCUT2D eigenvalue weighted by molar-refractivity contribution is 5.76. The number of nitrogens with zero attached hydrogens (tertiary/aromatic N) is 1. The summed E-state index contributed by atoms with van der Waals surface area (Å²) < 4.78 is 5.35. The third-order valence-corrected chi connectivity index (χ3v) is 1.92. The second kappa shape index (κ2) is 2.87. The van der Waals surface area contributed by atoms with Gasteiger partial charge in [-0.1, -0.05) is 0 Å². The number of nitrogens with two attached hydrogens (primary N) is 1. The van der Waals surface area contributed by atoms with Crippen molar-refractivity contribution in [2.75, 3.05) is 24.2 Å². The third-order valence-electron chi connectivity index (χ3n) is 1.92. The minimum absolute atomic E-state index is 0.528. The van der Waals surface area contributed by atoms with Gasteiger partial charge in [0.15, 0.2) is 0 Å². The second-order valence-electron chi connectivity index (χ2n) is 2.83. The fourth-order valence-corrected chi connectivity index (χ4v) is 1.34. The quantitative estimate of drug-likeness (QED) is 0.576. The molecule has 0 radical (unpaired) electrons. The summed E-state index contributed by atoms with van der Waals surface area (Å²) in [6, 6.07) is 5.36. The minimum atomic E-state index is 0.528. The first-order valence-corrected chi connectivity index (χ1v) is 4.01. The molecule has 66 valence electrons. The van der Waals surface area contributed by atoms with Crippen LogP contribution in [0, 0.1) is 11.3 Å². The minimum Gasteiger partial charge on any atom is -0.489 e. The molecule has 4 nitrogen and oxygen atoms in total. The molecule has 0 saturated carbocycles. The molecule has 4 heteroatoms. The molecule has 1 aliphatic rings. The molecular weight excluding hydrogens is 166 g/mol. The maximum atomic E-state index is 8.68. The highest BCUT2D eigenvalue weighted by atomic mass is 16.5. The molecule has 0 spiro atoms. The Kier molecular flexibility index (Phi) is 1.71. The molecule has 0 atom stereocenters. The summed E-state index contributed by atoms with van der Waals surface area (Å²) in [4.78, 5) is 0. The van der Waals surface area contributed by atoms with E-state index in [9.17, 15) is 0 Å². The highest BCUT2D eigenvalue weighted by Gasteiger charge is 2.13. The van der Waals surface area contributed by atoms with Crippen LogP contribution in [-0.4, -0.2) is 13.2 Å². The Morgan fingerprint density at radius 3 is 3.15 bits per heavy atom. The Hall–Kier alpha value is -1.89. The Balaban J connectivity index is 2.54. The van der Waals surface area contributed by atoms with Gasteiger partial charge in [-0.3, -0.25) is 0 Å². The molecule has 0 fully saturated rings. The molecule has 0 bridgehead atoms. The van der Waals surface area contributed by atoms with E-state index in [0.717, 1.165) is 12.2 Å². The van der Waals surface area contributed by atoms with Gasteiger partial charge in [0.05, 0.1) is 17.3 Å². The molecule has 0 unspecified atom stereocenters. The maximum Gasteiger partial charge on any atom is 0.145 e. The summed E-state index contributed by atoms with van der Waals surface area (Å²) in [5.41, 5.74) is 7.61. The lowest BCUT2D eigenvalue weighted by Crippen LogP contribution is -2.19. The lowest BCUT2D eigenvalue weighted by Gasteiger charge is -2.20. The molecule has 1 aromatic rings. The molecule has 1 heterocycles.